The Morgan fingerprint density at radius 3 is 2.12 bits per heavy atom. The Morgan fingerprint density at radius 2 is 1.47 bits per heavy atom. The highest BCUT2D eigenvalue weighted by Crippen LogP contribution is 2.44. The molecule has 11 heteroatoms. The second-order valence-corrected chi connectivity index (χ2v) is 7.76. The number of ether oxygens (including phenoxy) is 3. The first-order valence-corrected chi connectivity index (χ1v) is 9.71. The number of aliphatic hydroxyl groups excluding tert-OH is 3. The van der Waals surface area contributed by atoms with Gasteiger partial charge in [-0.3, -0.25) is 4.79 Å². The fraction of sp³-hybridized carbons (Fsp3) is 0.381. The van der Waals surface area contributed by atoms with Gasteiger partial charge in [0.05, 0.1) is 6.10 Å². The predicted octanol–water partition coefficient (Wildman–Crippen LogP) is 0.0381. The molecule has 0 aliphatic carbocycles. The largest absolute Gasteiger partial charge is 0.508 e. The zero-order chi connectivity index (χ0) is 23.3. The van der Waals surface area contributed by atoms with Gasteiger partial charge in [0.15, 0.2) is 18.5 Å². The molecule has 11 nitrogen and oxygen atoms in total. The third-order valence-corrected chi connectivity index (χ3v) is 5.44. The quantitative estimate of drug-likeness (QED) is 0.335. The Kier molecular flexibility index (Phi) is 5.61. The standard InChI is InChI=1S/C21H22O11/c1-7-15(26)17(28)18(29)21(30-7)32-20-16(27)14-12(25)5-11(24)6-13(14)31-19(20)8-2-9(22)4-10(23)3-8/h2-7,15,17-26,28-29H,1H3/t7-,15-,17+,18+,19-,20+,21-/m0/s1. The van der Waals surface area contributed by atoms with Crippen LogP contribution < -0.4 is 4.74 Å². The lowest BCUT2D eigenvalue weighted by atomic mass is 9.92. The predicted molar refractivity (Wildman–Crippen MR) is 104 cm³/mol. The van der Waals surface area contributed by atoms with E-state index in [1.165, 1.54) is 19.1 Å². The number of ketones is 1. The second kappa shape index (κ2) is 8.11. The van der Waals surface area contributed by atoms with E-state index in [2.05, 4.69) is 0 Å². The molecule has 2 aliphatic heterocycles. The second-order valence-electron chi connectivity index (χ2n) is 7.76. The van der Waals surface area contributed by atoms with Crippen molar-refractivity contribution in [2.45, 2.75) is 49.8 Å². The van der Waals surface area contributed by atoms with Crippen LogP contribution in [0.4, 0.5) is 0 Å². The Bertz CT molecular complexity index is 1020. The lowest BCUT2D eigenvalue weighted by Crippen LogP contribution is -2.59. The van der Waals surface area contributed by atoms with E-state index < -0.39 is 54.4 Å². The number of carbonyl (C=O) groups excluding carboxylic acids is 1. The maximum atomic E-state index is 13.3. The van der Waals surface area contributed by atoms with Crippen LogP contribution in [0.5, 0.6) is 28.7 Å². The van der Waals surface area contributed by atoms with E-state index >= 15 is 0 Å². The summed E-state index contributed by atoms with van der Waals surface area (Å²) in [7, 11) is 0. The summed E-state index contributed by atoms with van der Waals surface area (Å²) in [6.45, 7) is 1.43. The molecule has 7 atom stereocenters. The highest BCUT2D eigenvalue weighted by Gasteiger charge is 2.48. The molecule has 172 valence electrons. The molecule has 2 aromatic carbocycles. The van der Waals surface area contributed by atoms with Crippen LogP contribution >= 0.6 is 0 Å². The molecule has 0 radical (unpaired) electrons. The number of Topliss-reactive ketones (excluding diaryl/α,β-unsaturated/α-hetero) is 1. The summed E-state index contributed by atoms with van der Waals surface area (Å²) in [5.74, 6) is -2.59. The van der Waals surface area contributed by atoms with Crippen LogP contribution in [0.25, 0.3) is 0 Å². The summed E-state index contributed by atoms with van der Waals surface area (Å²) < 4.78 is 16.9. The smallest absolute Gasteiger partial charge is 0.203 e. The number of hydrogen-bond donors (Lipinski definition) is 7. The minimum atomic E-state index is -1.72. The maximum absolute atomic E-state index is 13.3. The monoisotopic (exact) mass is 450 g/mol. The Balaban J connectivity index is 1.76. The van der Waals surface area contributed by atoms with Gasteiger partial charge in [0.25, 0.3) is 0 Å². The molecule has 1 saturated heterocycles. The minimum Gasteiger partial charge on any atom is -0.508 e. The molecule has 7 N–H and O–H groups in total. The van der Waals surface area contributed by atoms with Crippen molar-refractivity contribution in [3.63, 3.8) is 0 Å². The van der Waals surface area contributed by atoms with Crippen LogP contribution in [-0.4, -0.2) is 78.3 Å². The van der Waals surface area contributed by atoms with Crippen LogP contribution in [0.1, 0.15) is 28.9 Å². The molecular weight excluding hydrogens is 428 g/mol. The molecule has 1 fully saturated rings. The third kappa shape index (κ3) is 3.80. The van der Waals surface area contributed by atoms with Gasteiger partial charge in [-0.25, -0.2) is 0 Å². The molecule has 0 amide bonds. The number of aromatic hydroxyl groups is 4. The highest BCUT2D eigenvalue weighted by molar-refractivity contribution is 6.05. The van der Waals surface area contributed by atoms with Gasteiger partial charge in [-0.1, -0.05) is 0 Å². The van der Waals surface area contributed by atoms with Crippen LogP contribution in [-0.2, 0) is 9.47 Å². The molecule has 0 unspecified atom stereocenters. The summed E-state index contributed by atoms with van der Waals surface area (Å²) in [5, 5.41) is 70.0. The van der Waals surface area contributed by atoms with E-state index in [4.69, 9.17) is 14.2 Å². The van der Waals surface area contributed by atoms with Gasteiger partial charge >= 0.3 is 0 Å². The van der Waals surface area contributed by atoms with Crippen molar-refractivity contribution in [3.8, 4) is 28.7 Å². The van der Waals surface area contributed by atoms with Crippen molar-refractivity contribution in [2.24, 2.45) is 0 Å². The van der Waals surface area contributed by atoms with Crippen LogP contribution in [0, 0.1) is 0 Å². The Hall–Kier alpha value is -3.09. The summed E-state index contributed by atoms with van der Waals surface area (Å²) >= 11 is 0. The average molecular weight is 450 g/mol. The lowest BCUT2D eigenvalue weighted by molar-refractivity contribution is -0.304. The zero-order valence-electron chi connectivity index (χ0n) is 16.7. The van der Waals surface area contributed by atoms with Gasteiger partial charge in [0.1, 0.15) is 52.6 Å². The molecule has 0 aromatic heterocycles. The number of aliphatic hydroxyl groups is 3. The van der Waals surface area contributed by atoms with E-state index in [1.54, 1.807) is 0 Å². The first kappa shape index (κ1) is 22.1. The molecule has 0 bridgehead atoms. The summed E-state index contributed by atoms with van der Waals surface area (Å²) in [4.78, 5) is 13.3. The van der Waals surface area contributed by atoms with Crippen molar-refractivity contribution >= 4 is 5.78 Å². The molecule has 4 rings (SSSR count). The number of hydrogen-bond acceptors (Lipinski definition) is 11. The van der Waals surface area contributed by atoms with Gasteiger partial charge < -0.3 is 50.0 Å². The number of benzene rings is 2. The minimum absolute atomic E-state index is 0.105. The first-order chi connectivity index (χ1) is 15.1. The van der Waals surface area contributed by atoms with Crippen molar-refractivity contribution in [3.05, 3.63) is 41.5 Å². The van der Waals surface area contributed by atoms with Crippen molar-refractivity contribution in [1.82, 2.24) is 0 Å². The van der Waals surface area contributed by atoms with E-state index in [-0.39, 0.29) is 34.1 Å². The lowest BCUT2D eigenvalue weighted by Gasteiger charge is -2.42. The molecule has 2 heterocycles. The summed E-state index contributed by atoms with van der Waals surface area (Å²) in [5.41, 5.74) is -0.194. The van der Waals surface area contributed by atoms with Gasteiger partial charge in [0.2, 0.25) is 5.78 Å². The molecule has 2 aromatic rings. The van der Waals surface area contributed by atoms with E-state index in [0.29, 0.717) is 0 Å². The molecule has 2 aliphatic rings. The number of fused-ring (bicyclic) bond motifs is 1. The van der Waals surface area contributed by atoms with E-state index in [1.807, 2.05) is 0 Å². The third-order valence-electron chi connectivity index (χ3n) is 5.44. The van der Waals surface area contributed by atoms with Gasteiger partial charge in [0, 0.05) is 23.8 Å². The molecule has 32 heavy (non-hydrogen) atoms. The fourth-order valence-corrected chi connectivity index (χ4v) is 3.83. The summed E-state index contributed by atoms with van der Waals surface area (Å²) in [6, 6.07) is 5.52. The molecular formula is C21H22O11. The van der Waals surface area contributed by atoms with E-state index in [0.717, 1.165) is 18.2 Å². The zero-order valence-corrected chi connectivity index (χ0v) is 16.7. The topological polar surface area (TPSA) is 186 Å². The van der Waals surface area contributed by atoms with E-state index in [9.17, 15) is 40.5 Å². The van der Waals surface area contributed by atoms with Crippen LogP contribution in [0.3, 0.4) is 0 Å². The normalized spacial score (nSPS) is 32.2. The van der Waals surface area contributed by atoms with Crippen molar-refractivity contribution in [2.75, 3.05) is 0 Å². The van der Waals surface area contributed by atoms with Crippen LogP contribution in [0.2, 0.25) is 0 Å². The first-order valence-electron chi connectivity index (χ1n) is 9.71. The maximum Gasteiger partial charge on any atom is 0.203 e. The van der Waals surface area contributed by atoms with Gasteiger partial charge in [-0.05, 0) is 19.1 Å². The Labute approximate surface area is 181 Å². The Morgan fingerprint density at radius 1 is 0.844 bits per heavy atom. The van der Waals surface area contributed by atoms with Crippen molar-refractivity contribution < 1.29 is 54.8 Å². The molecule has 0 saturated carbocycles. The number of rotatable bonds is 3. The summed E-state index contributed by atoms with van der Waals surface area (Å²) in [6.07, 6.45) is -10.1. The number of carbonyl (C=O) groups is 1. The van der Waals surface area contributed by atoms with Gasteiger partial charge in [-0.2, -0.15) is 0 Å². The van der Waals surface area contributed by atoms with Crippen molar-refractivity contribution in [1.29, 1.82) is 0 Å². The molecule has 0 spiro atoms. The van der Waals surface area contributed by atoms with Gasteiger partial charge in [-0.15, -0.1) is 0 Å². The fourth-order valence-electron chi connectivity index (χ4n) is 3.83. The average Bonchev–Trinajstić information content (AvgIpc) is 2.70. The SMILES string of the molecule is C[C@@H]1O[C@@H](O[C@@H]2C(=O)c3c(O)cc(O)cc3O[C@H]2c2cc(O)cc(O)c2)[C@H](O)[C@H](O)[C@H]1O. The van der Waals surface area contributed by atoms with Crippen LogP contribution in [0.15, 0.2) is 30.3 Å². The number of phenolic OH excluding ortho intramolecular Hbond substituents is 4. The number of phenols is 4. The highest BCUT2D eigenvalue weighted by atomic mass is 16.7.